The highest BCUT2D eigenvalue weighted by Gasteiger charge is 2.17. The van der Waals surface area contributed by atoms with Gasteiger partial charge in [0.1, 0.15) is 0 Å². The summed E-state index contributed by atoms with van der Waals surface area (Å²) in [6.45, 7) is 0. The fraction of sp³-hybridized carbons (Fsp3) is 0.0526. The number of carbonyl (C=O) groups excluding carboxylic acids is 1. The zero-order valence-corrected chi connectivity index (χ0v) is 13.7. The van der Waals surface area contributed by atoms with Gasteiger partial charge in [-0.05, 0) is 30.3 Å². The summed E-state index contributed by atoms with van der Waals surface area (Å²) in [5.74, 6) is -5.11. The van der Waals surface area contributed by atoms with Gasteiger partial charge in [-0.15, -0.1) is 0 Å². The third-order valence-electron chi connectivity index (χ3n) is 3.80. The van der Waals surface area contributed by atoms with Crippen LogP contribution in [0.5, 0.6) is 0 Å². The van der Waals surface area contributed by atoms with E-state index in [0.29, 0.717) is 5.69 Å². The van der Waals surface area contributed by atoms with Crippen molar-refractivity contribution in [3.63, 3.8) is 0 Å². The van der Waals surface area contributed by atoms with E-state index in [9.17, 15) is 18.0 Å². The van der Waals surface area contributed by atoms with Gasteiger partial charge in [-0.2, -0.15) is 0 Å². The SMILES string of the molecule is CN(c1ccccc1)c1cncc(C(=O)Nc2ccc(F)c(F)c2F)c1. The molecular formula is C19H14F3N3O. The first-order chi connectivity index (χ1) is 12.5. The van der Waals surface area contributed by atoms with Gasteiger partial charge in [0, 0.05) is 18.9 Å². The standard InChI is InChI=1S/C19H14F3N3O/c1-25(13-5-3-2-4-6-13)14-9-12(10-23-11-14)19(26)24-16-8-7-15(20)17(21)18(16)22/h2-11H,1H3,(H,24,26). The topological polar surface area (TPSA) is 45.2 Å². The molecule has 3 aromatic rings. The predicted molar refractivity (Wildman–Crippen MR) is 93.0 cm³/mol. The van der Waals surface area contributed by atoms with Crippen LogP contribution in [0.2, 0.25) is 0 Å². The first-order valence-electron chi connectivity index (χ1n) is 7.66. The molecule has 132 valence electrons. The van der Waals surface area contributed by atoms with Crippen molar-refractivity contribution in [3.8, 4) is 0 Å². The number of para-hydroxylation sites is 1. The normalized spacial score (nSPS) is 10.5. The van der Waals surface area contributed by atoms with Crippen LogP contribution in [0.25, 0.3) is 0 Å². The van der Waals surface area contributed by atoms with E-state index >= 15 is 0 Å². The van der Waals surface area contributed by atoms with Crippen LogP contribution in [0.15, 0.2) is 60.9 Å². The van der Waals surface area contributed by atoms with E-state index in [1.54, 1.807) is 12.3 Å². The minimum atomic E-state index is -1.64. The number of rotatable bonds is 4. The second kappa shape index (κ2) is 7.26. The average molecular weight is 357 g/mol. The fourth-order valence-electron chi connectivity index (χ4n) is 2.35. The molecule has 0 fully saturated rings. The molecule has 4 nitrogen and oxygen atoms in total. The average Bonchev–Trinajstić information content (AvgIpc) is 2.68. The van der Waals surface area contributed by atoms with Gasteiger partial charge in [0.25, 0.3) is 5.91 Å². The van der Waals surface area contributed by atoms with Crippen LogP contribution in [0.3, 0.4) is 0 Å². The Balaban J connectivity index is 1.84. The third-order valence-corrected chi connectivity index (χ3v) is 3.80. The summed E-state index contributed by atoms with van der Waals surface area (Å²) < 4.78 is 40.0. The zero-order chi connectivity index (χ0) is 18.7. The number of halogens is 3. The lowest BCUT2D eigenvalue weighted by molar-refractivity contribution is 0.102. The molecular weight excluding hydrogens is 343 g/mol. The highest BCUT2D eigenvalue weighted by atomic mass is 19.2. The number of hydrogen-bond acceptors (Lipinski definition) is 3. The highest BCUT2D eigenvalue weighted by molar-refractivity contribution is 6.04. The van der Waals surface area contributed by atoms with E-state index in [1.807, 2.05) is 42.3 Å². The van der Waals surface area contributed by atoms with Gasteiger partial charge >= 0.3 is 0 Å². The monoisotopic (exact) mass is 357 g/mol. The second-order valence-corrected chi connectivity index (χ2v) is 5.50. The lowest BCUT2D eigenvalue weighted by Gasteiger charge is -2.19. The van der Waals surface area contributed by atoms with Gasteiger partial charge in [-0.1, -0.05) is 18.2 Å². The maximum atomic E-state index is 13.7. The van der Waals surface area contributed by atoms with Crippen molar-refractivity contribution >= 4 is 23.0 Å². The van der Waals surface area contributed by atoms with Crippen LogP contribution in [0.4, 0.5) is 30.2 Å². The summed E-state index contributed by atoms with van der Waals surface area (Å²) in [7, 11) is 1.81. The lowest BCUT2D eigenvalue weighted by atomic mass is 10.2. The molecule has 0 bridgehead atoms. The Morgan fingerprint density at radius 1 is 0.962 bits per heavy atom. The Kier molecular flexibility index (Phi) is 4.88. The molecule has 1 heterocycles. The van der Waals surface area contributed by atoms with Crippen LogP contribution >= 0.6 is 0 Å². The summed E-state index contributed by atoms with van der Waals surface area (Å²) >= 11 is 0. The number of carbonyl (C=O) groups is 1. The Bertz CT molecular complexity index is 948. The minimum absolute atomic E-state index is 0.148. The number of amides is 1. The highest BCUT2D eigenvalue weighted by Crippen LogP contribution is 2.24. The minimum Gasteiger partial charge on any atom is -0.343 e. The molecule has 0 atom stereocenters. The molecule has 0 radical (unpaired) electrons. The molecule has 0 saturated carbocycles. The molecule has 0 saturated heterocycles. The number of nitrogens with one attached hydrogen (secondary N) is 1. The quantitative estimate of drug-likeness (QED) is 0.699. The first kappa shape index (κ1) is 17.5. The Hall–Kier alpha value is -3.35. The fourth-order valence-corrected chi connectivity index (χ4v) is 2.35. The van der Waals surface area contributed by atoms with Crippen LogP contribution in [-0.2, 0) is 0 Å². The molecule has 0 spiro atoms. The van der Waals surface area contributed by atoms with Gasteiger partial charge in [0.15, 0.2) is 17.5 Å². The molecule has 0 unspecified atom stereocenters. The van der Waals surface area contributed by atoms with Crippen LogP contribution < -0.4 is 10.2 Å². The molecule has 1 N–H and O–H groups in total. The van der Waals surface area contributed by atoms with Crippen molar-refractivity contribution in [1.29, 1.82) is 0 Å². The van der Waals surface area contributed by atoms with E-state index in [4.69, 9.17) is 0 Å². The molecule has 0 aliphatic heterocycles. The van der Waals surface area contributed by atoms with E-state index in [2.05, 4.69) is 10.3 Å². The van der Waals surface area contributed by atoms with Crippen molar-refractivity contribution in [2.75, 3.05) is 17.3 Å². The molecule has 0 aliphatic rings. The molecule has 1 amide bonds. The van der Waals surface area contributed by atoms with Gasteiger partial charge in [0.2, 0.25) is 0 Å². The number of anilines is 3. The van der Waals surface area contributed by atoms with Gasteiger partial charge < -0.3 is 10.2 Å². The molecule has 26 heavy (non-hydrogen) atoms. The first-order valence-corrected chi connectivity index (χ1v) is 7.66. The molecule has 2 aromatic carbocycles. The van der Waals surface area contributed by atoms with Gasteiger partial charge in [-0.25, -0.2) is 13.2 Å². The van der Waals surface area contributed by atoms with Crippen molar-refractivity contribution in [2.45, 2.75) is 0 Å². The number of aromatic nitrogens is 1. The summed E-state index contributed by atoms with van der Waals surface area (Å²) in [5, 5.41) is 2.22. The van der Waals surface area contributed by atoms with Crippen LogP contribution in [0.1, 0.15) is 10.4 Å². The van der Waals surface area contributed by atoms with Crippen molar-refractivity contribution < 1.29 is 18.0 Å². The van der Waals surface area contributed by atoms with E-state index in [0.717, 1.165) is 17.8 Å². The van der Waals surface area contributed by atoms with Crippen LogP contribution in [-0.4, -0.2) is 17.9 Å². The second-order valence-electron chi connectivity index (χ2n) is 5.50. The predicted octanol–water partition coefficient (Wildman–Crippen LogP) is 4.52. The molecule has 1 aromatic heterocycles. The van der Waals surface area contributed by atoms with E-state index in [1.165, 1.54) is 6.20 Å². The number of pyridine rings is 1. The van der Waals surface area contributed by atoms with Crippen molar-refractivity contribution in [3.05, 3.63) is 83.9 Å². The summed E-state index contributed by atoms with van der Waals surface area (Å²) in [6, 6.07) is 12.7. The smallest absolute Gasteiger partial charge is 0.257 e. The van der Waals surface area contributed by atoms with E-state index in [-0.39, 0.29) is 5.56 Å². The van der Waals surface area contributed by atoms with Gasteiger partial charge in [-0.3, -0.25) is 9.78 Å². The number of hydrogen-bond donors (Lipinski definition) is 1. The summed E-state index contributed by atoms with van der Waals surface area (Å²) in [4.78, 5) is 18.2. The van der Waals surface area contributed by atoms with Gasteiger partial charge in [0.05, 0.1) is 23.1 Å². The van der Waals surface area contributed by atoms with Crippen molar-refractivity contribution in [2.24, 2.45) is 0 Å². The van der Waals surface area contributed by atoms with Crippen LogP contribution in [0, 0.1) is 17.5 Å². The molecule has 7 heteroatoms. The Labute approximate surface area is 147 Å². The largest absolute Gasteiger partial charge is 0.343 e. The number of benzene rings is 2. The summed E-state index contributed by atoms with van der Waals surface area (Å²) in [5.41, 5.74) is 1.22. The van der Waals surface area contributed by atoms with E-state index < -0.39 is 29.0 Å². The maximum Gasteiger partial charge on any atom is 0.257 e. The molecule has 3 rings (SSSR count). The Morgan fingerprint density at radius 3 is 2.42 bits per heavy atom. The molecule has 0 aliphatic carbocycles. The lowest BCUT2D eigenvalue weighted by Crippen LogP contribution is -2.16. The maximum absolute atomic E-state index is 13.7. The Morgan fingerprint density at radius 2 is 1.69 bits per heavy atom. The third kappa shape index (κ3) is 3.51. The summed E-state index contributed by atoms with van der Waals surface area (Å²) in [6.07, 6.45) is 2.87. The number of nitrogens with zero attached hydrogens (tertiary/aromatic N) is 2. The van der Waals surface area contributed by atoms with Crippen molar-refractivity contribution in [1.82, 2.24) is 4.98 Å². The zero-order valence-electron chi connectivity index (χ0n) is 13.7.